The van der Waals surface area contributed by atoms with Gasteiger partial charge < -0.3 is 9.73 Å². The van der Waals surface area contributed by atoms with Gasteiger partial charge in [-0.1, -0.05) is 6.07 Å². The number of hydrogen-bond donors (Lipinski definition) is 1. The average molecular weight is 328 g/mol. The highest BCUT2D eigenvalue weighted by atomic mass is 35.7. The van der Waals surface area contributed by atoms with Crippen LogP contribution in [0, 0.1) is 13.8 Å². The zero-order chi connectivity index (χ0) is 15.6. The van der Waals surface area contributed by atoms with Crippen LogP contribution in [0.3, 0.4) is 0 Å². The molecular weight excluding hydrogens is 314 g/mol. The zero-order valence-electron chi connectivity index (χ0n) is 11.5. The fourth-order valence-electron chi connectivity index (χ4n) is 1.84. The van der Waals surface area contributed by atoms with Crippen molar-refractivity contribution in [3.05, 3.63) is 53.0 Å². The van der Waals surface area contributed by atoms with E-state index in [1.54, 1.807) is 25.1 Å². The number of aryl methyl sites for hydroxylation is 2. The molecule has 1 N–H and O–H groups in total. The minimum absolute atomic E-state index is 0.103. The SMILES string of the molecule is Cc1ccc(CNC(=O)c2cc(S(=O)(=O)Cl)ccc2C)o1. The second-order valence-electron chi connectivity index (χ2n) is 4.61. The average Bonchev–Trinajstić information content (AvgIpc) is 2.81. The minimum Gasteiger partial charge on any atom is -0.465 e. The summed E-state index contributed by atoms with van der Waals surface area (Å²) in [4.78, 5) is 12.0. The summed E-state index contributed by atoms with van der Waals surface area (Å²) in [5.41, 5.74) is 0.923. The van der Waals surface area contributed by atoms with E-state index in [0.29, 0.717) is 11.3 Å². The lowest BCUT2D eigenvalue weighted by atomic mass is 10.1. The summed E-state index contributed by atoms with van der Waals surface area (Å²) in [6.45, 7) is 3.75. The Morgan fingerprint density at radius 2 is 1.95 bits per heavy atom. The van der Waals surface area contributed by atoms with Crippen molar-refractivity contribution >= 4 is 25.6 Å². The standard InChI is InChI=1S/C14H14ClNO4S/c1-9-3-6-12(21(15,18)19)7-13(9)14(17)16-8-11-5-4-10(2)20-11/h3-7H,8H2,1-2H3,(H,16,17). The van der Waals surface area contributed by atoms with Crippen LogP contribution in [-0.2, 0) is 15.6 Å². The first-order valence-electron chi connectivity index (χ1n) is 6.16. The Kier molecular flexibility index (Phi) is 4.39. The van der Waals surface area contributed by atoms with Gasteiger partial charge in [-0.3, -0.25) is 4.79 Å². The number of rotatable bonds is 4. The Balaban J connectivity index is 2.18. The maximum Gasteiger partial charge on any atom is 0.261 e. The highest BCUT2D eigenvalue weighted by Gasteiger charge is 2.16. The fraction of sp³-hybridized carbons (Fsp3) is 0.214. The molecule has 1 heterocycles. The van der Waals surface area contributed by atoms with Crippen LogP contribution in [0.15, 0.2) is 39.6 Å². The van der Waals surface area contributed by atoms with Crippen molar-refractivity contribution in [1.82, 2.24) is 5.32 Å². The molecule has 0 bridgehead atoms. The van der Waals surface area contributed by atoms with Gasteiger partial charge in [0.2, 0.25) is 0 Å². The van der Waals surface area contributed by atoms with Gasteiger partial charge in [-0.2, -0.15) is 0 Å². The summed E-state index contributed by atoms with van der Waals surface area (Å²) in [6, 6.07) is 7.74. The van der Waals surface area contributed by atoms with Gasteiger partial charge in [0.05, 0.1) is 11.4 Å². The number of halogens is 1. The Bertz CT molecular complexity index is 780. The summed E-state index contributed by atoms with van der Waals surface area (Å²) < 4.78 is 28.0. The molecule has 0 radical (unpaired) electrons. The van der Waals surface area contributed by atoms with Gasteiger partial charge >= 0.3 is 0 Å². The van der Waals surface area contributed by atoms with E-state index >= 15 is 0 Å². The van der Waals surface area contributed by atoms with E-state index in [2.05, 4.69) is 5.32 Å². The maximum atomic E-state index is 12.1. The van der Waals surface area contributed by atoms with Crippen molar-refractivity contribution in [2.75, 3.05) is 0 Å². The molecule has 21 heavy (non-hydrogen) atoms. The van der Waals surface area contributed by atoms with E-state index in [1.165, 1.54) is 12.1 Å². The van der Waals surface area contributed by atoms with Crippen molar-refractivity contribution in [3.8, 4) is 0 Å². The van der Waals surface area contributed by atoms with Crippen LogP contribution in [-0.4, -0.2) is 14.3 Å². The fourth-order valence-corrected chi connectivity index (χ4v) is 2.62. The van der Waals surface area contributed by atoms with Gasteiger partial charge in [0.15, 0.2) is 0 Å². The lowest BCUT2D eigenvalue weighted by Crippen LogP contribution is -2.23. The summed E-state index contributed by atoms with van der Waals surface area (Å²) in [6.07, 6.45) is 0. The van der Waals surface area contributed by atoms with Gasteiger partial charge in [0, 0.05) is 16.2 Å². The Morgan fingerprint density at radius 3 is 2.52 bits per heavy atom. The molecule has 0 fully saturated rings. The number of hydrogen-bond acceptors (Lipinski definition) is 4. The van der Waals surface area contributed by atoms with Crippen LogP contribution in [0.4, 0.5) is 0 Å². The van der Waals surface area contributed by atoms with E-state index in [-0.39, 0.29) is 22.9 Å². The summed E-state index contributed by atoms with van der Waals surface area (Å²) >= 11 is 0. The number of carbonyl (C=O) groups is 1. The molecule has 1 aromatic heterocycles. The van der Waals surface area contributed by atoms with Gasteiger partial charge in [-0.25, -0.2) is 8.42 Å². The lowest BCUT2D eigenvalue weighted by Gasteiger charge is -2.08. The third-order valence-electron chi connectivity index (χ3n) is 2.95. The smallest absolute Gasteiger partial charge is 0.261 e. The van der Waals surface area contributed by atoms with E-state index in [1.807, 2.05) is 6.92 Å². The molecule has 0 saturated heterocycles. The number of amides is 1. The van der Waals surface area contributed by atoms with Crippen LogP contribution in [0.2, 0.25) is 0 Å². The van der Waals surface area contributed by atoms with E-state index < -0.39 is 9.05 Å². The van der Waals surface area contributed by atoms with Crippen molar-refractivity contribution in [3.63, 3.8) is 0 Å². The molecule has 0 atom stereocenters. The molecule has 2 rings (SSSR count). The molecule has 0 unspecified atom stereocenters. The van der Waals surface area contributed by atoms with Gasteiger partial charge in [-0.15, -0.1) is 0 Å². The molecule has 5 nitrogen and oxygen atoms in total. The van der Waals surface area contributed by atoms with Gasteiger partial charge in [0.1, 0.15) is 11.5 Å². The molecule has 1 aromatic carbocycles. The van der Waals surface area contributed by atoms with Crippen LogP contribution in [0.1, 0.15) is 27.4 Å². The van der Waals surface area contributed by atoms with Crippen molar-refractivity contribution in [2.45, 2.75) is 25.3 Å². The van der Waals surface area contributed by atoms with Crippen LogP contribution in [0.5, 0.6) is 0 Å². The largest absolute Gasteiger partial charge is 0.465 e. The topological polar surface area (TPSA) is 76.4 Å². The van der Waals surface area contributed by atoms with E-state index in [0.717, 1.165) is 5.76 Å². The molecule has 7 heteroatoms. The Hall–Kier alpha value is -1.79. The van der Waals surface area contributed by atoms with Gasteiger partial charge in [0.25, 0.3) is 15.0 Å². The Labute approximate surface area is 127 Å². The van der Waals surface area contributed by atoms with Gasteiger partial charge in [-0.05, 0) is 43.7 Å². The monoisotopic (exact) mass is 327 g/mol. The molecule has 0 saturated carbocycles. The molecular formula is C14H14ClNO4S. The lowest BCUT2D eigenvalue weighted by molar-refractivity contribution is 0.0947. The van der Waals surface area contributed by atoms with Crippen molar-refractivity contribution < 1.29 is 17.6 Å². The first kappa shape index (κ1) is 15.6. The predicted octanol–water partition coefficient (Wildman–Crippen LogP) is 2.75. The zero-order valence-corrected chi connectivity index (χ0v) is 13.1. The molecule has 2 aromatic rings. The molecule has 0 spiro atoms. The van der Waals surface area contributed by atoms with Crippen LogP contribution < -0.4 is 5.32 Å². The van der Waals surface area contributed by atoms with Crippen LogP contribution in [0.25, 0.3) is 0 Å². The normalized spacial score (nSPS) is 11.4. The quantitative estimate of drug-likeness (QED) is 0.876. The first-order chi connectivity index (χ1) is 9.77. The molecule has 0 aliphatic rings. The number of carbonyl (C=O) groups excluding carboxylic acids is 1. The van der Waals surface area contributed by atoms with Crippen molar-refractivity contribution in [2.24, 2.45) is 0 Å². The molecule has 0 aliphatic carbocycles. The minimum atomic E-state index is -3.87. The van der Waals surface area contributed by atoms with E-state index in [9.17, 15) is 13.2 Å². The van der Waals surface area contributed by atoms with E-state index in [4.69, 9.17) is 15.1 Å². The molecule has 1 amide bonds. The third-order valence-corrected chi connectivity index (χ3v) is 4.31. The third kappa shape index (κ3) is 3.86. The first-order valence-corrected chi connectivity index (χ1v) is 8.47. The predicted molar refractivity (Wildman–Crippen MR) is 78.8 cm³/mol. The highest BCUT2D eigenvalue weighted by Crippen LogP contribution is 2.19. The number of nitrogens with one attached hydrogen (secondary N) is 1. The number of benzene rings is 1. The maximum absolute atomic E-state index is 12.1. The summed E-state index contributed by atoms with van der Waals surface area (Å²) in [7, 11) is 1.42. The Morgan fingerprint density at radius 1 is 1.24 bits per heavy atom. The summed E-state index contributed by atoms with van der Waals surface area (Å²) in [5, 5.41) is 2.68. The molecule has 0 aliphatic heterocycles. The highest BCUT2D eigenvalue weighted by molar-refractivity contribution is 8.13. The number of furan rings is 1. The second kappa shape index (κ2) is 5.91. The van der Waals surface area contributed by atoms with Crippen molar-refractivity contribution in [1.29, 1.82) is 0 Å². The van der Waals surface area contributed by atoms with Crippen LogP contribution >= 0.6 is 10.7 Å². The second-order valence-corrected chi connectivity index (χ2v) is 7.18. The molecule has 112 valence electrons. The summed E-state index contributed by atoms with van der Waals surface area (Å²) in [5.74, 6) is 0.994.